The Kier molecular flexibility index (Phi) is 5.05. The maximum atomic E-state index is 11.5. The van der Waals surface area contributed by atoms with Crippen LogP contribution in [0, 0.1) is 0 Å². The number of aliphatic hydroxyl groups excluding tert-OH is 1. The molecule has 0 aromatic carbocycles. The molecule has 1 aliphatic heterocycles. The van der Waals surface area contributed by atoms with Gasteiger partial charge in [0.1, 0.15) is 6.04 Å². The van der Waals surface area contributed by atoms with E-state index in [1.807, 2.05) is 0 Å². The molecule has 1 saturated heterocycles. The van der Waals surface area contributed by atoms with Crippen LogP contribution in [0.1, 0.15) is 6.42 Å². The first-order valence-corrected chi connectivity index (χ1v) is 5.49. The highest BCUT2D eigenvalue weighted by Gasteiger charge is 2.37. The van der Waals surface area contributed by atoms with Gasteiger partial charge in [-0.15, -0.1) is 0 Å². The van der Waals surface area contributed by atoms with Gasteiger partial charge in [0.05, 0.1) is 19.8 Å². The van der Waals surface area contributed by atoms with Crippen molar-refractivity contribution in [2.24, 2.45) is 0 Å². The third-order valence-corrected chi connectivity index (χ3v) is 2.68. The number of aliphatic hydroxyl groups is 1. The van der Waals surface area contributed by atoms with Crippen LogP contribution in [0.4, 0.5) is 4.79 Å². The Bertz CT molecular complexity index is 346. The summed E-state index contributed by atoms with van der Waals surface area (Å²) in [6.45, 7) is 0.0468. The molecule has 2 atom stereocenters. The Morgan fingerprint density at radius 1 is 1.44 bits per heavy atom. The summed E-state index contributed by atoms with van der Waals surface area (Å²) in [4.78, 5) is 35.3. The van der Waals surface area contributed by atoms with E-state index < -0.39 is 30.1 Å². The number of β-amino-alcohol motifs (C(OH)–C–C–N with tert-alkyl or cyclic N) is 1. The molecule has 0 aromatic rings. The highest BCUT2D eigenvalue weighted by Crippen LogP contribution is 2.18. The van der Waals surface area contributed by atoms with Gasteiger partial charge in [-0.05, 0) is 0 Å². The zero-order chi connectivity index (χ0) is 13.7. The molecule has 0 aliphatic carbocycles. The minimum absolute atomic E-state index is 0.149. The first-order valence-electron chi connectivity index (χ1n) is 5.49. The summed E-state index contributed by atoms with van der Waals surface area (Å²) in [5, 5.41) is 13.8. The summed E-state index contributed by atoms with van der Waals surface area (Å²) in [6.07, 6.45) is -0.457. The number of carbonyl (C=O) groups excluding carboxylic acids is 3. The number of hydrogen-bond acceptors (Lipinski definition) is 6. The number of hydrogen-bond donors (Lipinski definition) is 3. The van der Waals surface area contributed by atoms with E-state index in [1.165, 1.54) is 19.1 Å². The Hall–Kier alpha value is -1.67. The van der Waals surface area contributed by atoms with Crippen LogP contribution in [0.2, 0.25) is 0 Å². The lowest BCUT2D eigenvalue weighted by Gasteiger charge is -2.20. The van der Waals surface area contributed by atoms with Crippen molar-refractivity contribution in [1.82, 2.24) is 15.5 Å². The van der Waals surface area contributed by atoms with Crippen molar-refractivity contribution in [2.75, 3.05) is 27.2 Å². The van der Waals surface area contributed by atoms with Crippen LogP contribution in [0.3, 0.4) is 0 Å². The average Bonchev–Trinajstić information content (AvgIpc) is 2.68. The van der Waals surface area contributed by atoms with Gasteiger partial charge in [-0.2, -0.15) is 0 Å². The molecule has 3 N–H and O–H groups in total. The topological polar surface area (TPSA) is 108 Å². The zero-order valence-electron chi connectivity index (χ0n) is 10.3. The Morgan fingerprint density at radius 3 is 2.67 bits per heavy atom. The van der Waals surface area contributed by atoms with Gasteiger partial charge in [0.25, 0.3) is 0 Å². The van der Waals surface area contributed by atoms with Crippen LogP contribution in [0.25, 0.3) is 0 Å². The van der Waals surface area contributed by atoms with Crippen molar-refractivity contribution >= 4 is 17.9 Å². The standard InChI is InChI=1S/C10H17N3O5/c1-11-10(17)12-8(15)5-13-4-6(14)3-7(13)9(16)18-2/h6-7,14H,3-5H2,1-2H3,(H2,11,12,15,17). The van der Waals surface area contributed by atoms with Crippen LogP contribution in [-0.2, 0) is 14.3 Å². The van der Waals surface area contributed by atoms with Gasteiger partial charge in [-0.3, -0.25) is 19.8 Å². The molecule has 18 heavy (non-hydrogen) atoms. The lowest BCUT2D eigenvalue weighted by atomic mass is 10.2. The Morgan fingerprint density at radius 2 is 2.11 bits per heavy atom. The van der Waals surface area contributed by atoms with E-state index in [2.05, 4.69) is 15.4 Å². The second-order valence-electron chi connectivity index (χ2n) is 3.99. The SMILES string of the molecule is CNC(=O)NC(=O)CN1CC(O)CC1C(=O)OC. The fourth-order valence-corrected chi connectivity index (χ4v) is 1.85. The highest BCUT2D eigenvalue weighted by molar-refractivity contribution is 5.95. The quantitative estimate of drug-likeness (QED) is 0.508. The predicted octanol–water partition coefficient (Wildman–Crippen LogP) is -1.95. The van der Waals surface area contributed by atoms with E-state index in [4.69, 9.17) is 0 Å². The highest BCUT2D eigenvalue weighted by atomic mass is 16.5. The van der Waals surface area contributed by atoms with E-state index in [-0.39, 0.29) is 19.5 Å². The number of ether oxygens (including phenoxy) is 1. The molecule has 102 valence electrons. The predicted molar refractivity (Wildman–Crippen MR) is 60.6 cm³/mol. The van der Waals surface area contributed by atoms with Crippen LogP contribution in [-0.4, -0.2) is 67.3 Å². The lowest BCUT2D eigenvalue weighted by molar-refractivity contribution is -0.146. The molecule has 0 radical (unpaired) electrons. The second-order valence-corrected chi connectivity index (χ2v) is 3.99. The van der Waals surface area contributed by atoms with Crippen molar-refractivity contribution in [3.05, 3.63) is 0 Å². The van der Waals surface area contributed by atoms with Crippen LogP contribution >= 0.6 is 0 Å². The van der Waals surface area contributed by atoms with Crippen molar-refractivity contribution < 1.29 is 24.2 Å². The molecular formula is C10H17N3O5. The molecule has 8 nitrogen and oxygen atoms in total. The largest absolute Gasteiger partial charge is 0.468 e. The van der Waals surface area contributed by atoms with E-state index in [0.717, 1.165) is 0 Å². The van der Waals surface area contributed by atoms with E-state index >= 15 is 0 Å². The number of nitrogens with zero attached hydrogens (tertiary/aromatic N) is 1. The normalized spacial score (nSPS) is 23.5. The summed E-state index contributed by atoms with van der Waals surface area (Å²) in [7, 11) is 2.63. The van der Waals surface area contributed by atoms with Crippen molar-refractivity contribution in [3.8, 4) is 0 Å². The number of methoxy groups -OCH3 is 1. The van der Waals surface area contributed by atoms with Crippen molar-refractivity contribution in [2.45, 2.75) is 18.6 Å². The summed E-state index contributed by atoms with van der Waals surface area (Å²) in [5.74, 6) is -1.04. The first-order chi connectivity index (χ1) is 8.47. The number of likely N-dealkylation sites (tertiary alicyclic amines) is 1. The zero-order valence-corrected chi connectivity index (χ0v) is 10.3. The van der Waals surface area contributed by atoms with Crippen LogP contribution in [0.15, 0.2) is 0 Å². The Balaban J connectivity index is 2.56. The minimum atomic E-state index is -0.679. The number of amides is 3. The van der Waals surface area contributed by atoms with Crippen molar-refractivity contribution in [3.63, 3.8) is 0 Å². The van der Waals surface area contributed by atoms with Gasteiger partial charge in [-0.25, -0.2) is 4.79 Å². The van der Waals surface area contributed by atoms with Gasteiger partial charge in [-0.1, -0.05) is 0 Å². The Labute approximate surface area is 104 Å². The molecule has 3 amide bonds. The number of carbonyl (C=O) groups is 3. The van der Waals surface area contributed by atoms with Crippen LogP contribution in [0.5, 0.6) is 0 Å². The maximum Gasteiger partial charge on any atom is 0.323 e. The molecule has 1 fully saturated rings. The van der Waals surface area contributed by atoms with Gasteiger partial charge < -0.3 is 15.2 Å². The molecule has 1 aliphatic rings. The molecular weight excluding hydrogens is 242 g/mol. The lowest BCUT2D eigenvalue weighted by Crippen LogP contribution is -2.46. The van der Waals surface area contributed by atoms with E-state index in [9.17, 15) is 19.5 Å². The smallest absolute Gasteiger partial charge is 0.323 e. The summed E-state index contributed by atoms with van der Waals surface area (Å²) >= 11 is 0. The summed E-state index contributed by atoms with van der Waals surface area (Å²) < 4.78 is 4.59. The van der Waals surface area contributed by atoms with Gasteiger partial charge in [0.15, 0.2) is 0 Å². The second kappa shape index (κ2) is 6.31. The third-order valence-electron chi connectivity index (χ3n) is 2.68. The molecule has 0 bridgehead atoms. The van der Waals surface area contributed by atoms with Crippen LogP contribution < -0.4 is 10.6 Å². The summed E-state index contributed by atoms with van der Waals surface area (Å²) in [5.41, 5.74) is 0. The average molecular weight is 259 g/mol. The number of imide groups is 1. The molecule has 1 rings (SSSR count). The molecule has 0 saturated carbocycles. The van der Waals surface area contributed by atoms with Crippen molar-refractivity contribution in [1.29, 1.82) is 0 Å². The minimum Gasteiger partial charge on any atom is -0.468 e. The summed E-state index contributed by atoms with van der Waals surface area (Å²) in [6, 6.07) is -1.27. The monoisotopic (exact) mass is 259 g/mol. The first kappa shape index (κ1) is 14.4. The molecule has 1 heterocycles. The maximum absolute atomic E-state index is 11.5. The van der Waals surface area contributed by atoms with Gasteiger partial charge >= 0.3 is 12.0 Å². The fraction of sp³-hybridized carbons (Fsp3) is 0.700. The van der Waals surface area contributed by atoms with Gasteiger partial charge in [0.2, 0.25) is 5.91 Å². The number of rotatable bonds is 3. The van der Waals surface area contributed by atoms with E-state index in [1.54, 1.807) is 0 Å². The molecule has 2 unspecified atom stereocenters. The fourth-order valence-electron chi connectivity index (χ4n) is 1.85. The van der Waals surface area contributed by atoms with E-state index in [0.29, 0.717) is 0 Å². The number of nitrogens with one attached hydrogen (secondary N) is 2. The van der Waals surface area contributed by atoms with Gasteiger partial charge in [0, 0.05) is 20.0 Å². The molecule has 8 heteroatoms. The third kappa shape index (κ3) is 3.67. The number of esters is 1. The number of urea groups is 1. The molecule has 0 spiro atoms. The molecule has 0 aromatic heterocycles.